The fraction of sp³-hybridized carbons (Fsp3) is 0.421. The van der Waals surface area contributed by atoms with Crippen LogP contribution in [0.5, 0.6) is 11.5 Å². The van der Waals surface area contributed by atoms with E-state index in [4.69, 9.17) is 14.2 Å². The summed E-state index contributed by atoms with van der Waals surface area (Å²) in [6, 6.07) is 5.16. The molecular weight excluding hydrogens is 350 g/mol. The molecule has 8 nitrogen and oxygen atoms in total. The van der Waals surface area contributed by atoms with E-state index in [1.54, 1.807) is 36.9 Å². The van der Waals surface area contributed by atoms with Gasteiger partial charge in [0.2, 0.25) is 0 Å². The summed E-state index contributed by atoms with van der Waals surface area (Å²) >= 11 is 0. The van der Waals surface area contributed by atoms with E-state index in [9.17, 15) is 9.59 Å². The number of aromatic nitrogens is 2. The number of nitrogens with one attached hydrogen (secondary N) is 1. The first-order chi connectivity index (χ1) is 12.8. The maximum absolute atomic E-state index is 12.3. The predicted octanol–water partition coefficient (Wildman–Crippen LogP) is 2.17. The second kappa shape index (κ2) is 8.57. The standard InChI is InChI=1S/C19H25N3O5/c1-11-18(12(2)22(4)21-11)20-19(24)13(3)27-17(23)10-14-7-8-15(25-5)16(9-14)26-6/h7-9,13H,10H2,1-6H3,(H,20,24)/t13-/m1/s1. The zero-order valence-corrected chi connectivity index (χ0v) is 16.5. The topological polar surface area (TPSA) is 91.7 Å². The van der Waals surface area contributed by atoms with Gasteiger partial charge >= 0.3 is 5.97 Å². The van der Waals surface area contributed by atoms with Crippen LogP contribution in [0.1, 0.15) is 23.9 Å². The summed E-state index contributed by atoms with van der Waals surface area (Å²) < 4.78 is 17.3. The lowest BCUT2D eigenvalue weighted by Gasteiger charge is -2.14. The molecule has 0 aliphatic carbocycles. The van der Waals surface area contributed by atoms with Crippen molar-refractivity contribution in [2.75, 3.05) is 19.5 Å². The Bertz CT molecular complexity index is 844. The van der Waals surface area contributed by atoms with Crippen molar-refractivity contribution in [2.45, 2.75) is 33.3 Å². The number of carbonyl (C=O) groups excluding carboxylic acids is 2. The highest BCUT2D eigenvalue weighted by Crippen LogP contribution is 2.27. The summed E-state index contributed by atoms with van der Waals surface area (Å²) in [6.45, 7) is 5.18. The van der Waals surface area contributed by atoms with Crippen molar-refractivity contribution in [1.29, 1.82) is 0 Å². The fourth-order valence-electron chi connectivity index (χ4n) is 2.63. The lowest BCUT2D eigenvalue weighted by Crippen LogP contribution is -2.30. The Morgan fingerprint density at radius 3 is 2.41 bits per heavy atom. The Balaban J connectivity index is 1.97. The molecular formula is C19H25N3O5. The summed E-state index contributed by atoms with van der Waals surface area (Å²) in [4.78, 5) is 24.5. The Kier molecular flexibility index (Phi) is 6.44. The van der Waals surface area contributed by atoms with E-state index in [1.165, 1.54) is 21.1 Å². The quantitative estimate of drug-likeness (QED) is 0.746. The van der Waals surface area contributed by atoms with Gasteiger partial charge < -0.3 is 19.5 Å². The van der Waals surface area contributed by atoms with Crippen LogP contribution in [0.4, 0.5) is 5.69 Å². The van der Waals surface area contributed by atoms with Gasteiger partial charge in [-0.05, 0) is 38.5 Å². The molecule has 1 amide bonds. The monoisotopic (exact) mass is 375 g/mol. The number of hydrogen-bond donors (Lipinski definition) is 1. The molecule has 0 aliphatic heterocycles. The van der Waals surface area contributed by atoms with Gasteiger partial charge in [-0.25, -0.2) is 0 Å². The molecule has 1 N–H and O–H groups in total. The predicted molar refractivity (Wildman–Crippen MR) is 100 cm³/mol. The average molecular weight is 375 g/mol. The molecule has 0 unspecified atom stereocenters. The van der Waals surface area contributed by atoms with Crippen LogP contribution in [0.25, 0.3) is 0 Å². The average Bonchev–Trinajstić information content (AvgIpc) is 2.87. The number of amides is 1. The third-order valence-corrected chi connectivity index (χ3v) is 4.23. The number of nitrogens with zero attached hydrogens (tertiary/aromatic N) is 2. The van der Waals surface area contributed by atoms with Crippen LogP contribution in [-0.2, 0) is 27.8 Å². The van der Waals surface area contributed by atoms with E-state index in [0.717, 1.165) is 5.69 Å². The molecule has 0 saturated heterocycles. The van der Waals surface area contributed by atoms with Gasteiger partial charge in [0.25, 0.3) is 5.91 Å². The number of ether oxygens (including phenoxy) is 3. The number of anilines is 1. The molecule has 0 saturated carbocycles. The Hall–Kier alpha value is -3.03. The van der Waals surface area contributed by atoms with Crippen molar-refractivity contribution in [1.82, 2.24) is 9.78 Å². The highest BCUT2D eigenvalue weighted by Gasteiger charge is 2.21. The van der Waals surface area contributed by atoms with Gasteiger partial charge in [0, 0.05) is 7.05 Å². The second-order valence-electron chi connectivity index (χ2n) is 6.16. The summed E-state index contributed by atoms with van der Waals surface area (Å²) in [5.74, 6) is 0.181. The van der Waals surface area contributed by atoms with Crippen molar-refractivity contribution in [3.8, 4) is 11.5 Å². The second-order valence-corrected chi connectivity index (χ2v) is 6.16. The minimum absolute atomic E-state index is 0.0168. The number of rotatable bonds is 7. The van der Waals surface area contributed by atoms with Crippen LogP contribution in [0.3, 0.4) is 0 Å². The maximum atomic E-state index is 12.3. The van der Waals surface area contributed by atoms with Crippen molar-refractivity contribution >= 4 is 17.6 Å². The van der Waals surface area contributed by atoms with Crippen molar-refractivity contribution < 1.29 is 23.8 Å². The van der Waals surface area contributed by atoms with Gasteiger partial charge in [0.1, 0.15) is 0 Å². The van der Waals surface area contributed by atoms with Gasteiger partial charge in [0.05, 0.1) is 37.7 Å². The minimum atomic E-state index is -0.934. The molecule has 0 spiro atoms. The third-order valence-electron chi connectivity index (χ3n) is 4.23. The normalized spacial score (nSPS) is 11.6. The van der Waals surface area contributed by atoms with Gasteiger partial charge in [0.15, 0.2) is 17.6 Å². The zero-order chi connectivity index (χ0) is 20.1. The molecule has 1 aromatic heterocycles. The number of hydrogen-bond acceptors (Lipinski definition) is 6. The highest BCUT2D eigenvalue weighted by atomic mass is 16.5. The van der Waals surface area contributed by atoms with Gasteiger partial charge in [-0.15, -0.1) is 0 Å². The van der Waals surface area contributed by atoms with Gasteiger partial charge in [-0.3, -0.25) is 14.3 Å². The van der Waals surface area contributed by atoms with Crippen molar-refractivity contribution in [3.63, 3.8) is 0 Å². The largest absolute Gasteiger partial charge is 0.493 e. The molecule has 0 radical (unpaired) electrons. The van der Waals surface area contributed by atoms with E-state index in [-0.39, 0.29) is 6.42 Å². The maximum Gasteiger partial charge on any atom is 0.311 e. The molecule has 1 heterocycles. The van der Waals surface area contributed by atoms with Gasteiger partial charge in [-0.2, -0.15) is 5.10 Å². The van der Waals surface area contributed by atoms with Crippen LogP contribution in [-0.4, -0.2) is 42.0 Å². The molecule has 1 atom stereocenters. The molecule has 1 aromatic carbocycles. The first-order valence-electron chi connectivity index (χ1n) is 8.48. The van der Waals surface area contributed by atoms with Crippen LogP contribution in [0.2, 0.25) is 0 Å². The first kappa shape index (κ1) is 20.3. The fourth-order valence-corrected chi connectivity index (χ4v) is 2.63. The van der Waals surface area contributed by atoms with E-state index in [1.807, 2.05) is 6.92 Å². The van der Waals surface area contributed by atoms with Crippen LogP contribution < -0.4 is 14.8 Å². The molecule has 0 fully saturated rings. The number of aryl methyl sites for hydroxylation is 2. The van der Waals surface area contributed by atoms with E-state index >= 15 is 0 Å². The SMILES string of the molecule is COc1ccc(CC(=O)O[C@H](C)C(=O)Nc2c(C)nn(C)c2C)cc1OC. The first-order valence-corrected chi connectivity index (χ1v) is 8.48. The summed E-state index contributed by atoms with van der Waals surface area (Å²) in [6.07, 6.45) is -0.917. The zero-order valence-electron chi connectivity index (χ0n) is 16.5. The molecule has 2 aromatic rings. The van der Waals surface area contributed by atoms with E-state index in [2.05, 4.69) is 10.4 Å². The number of methoxy groups -OCH3 is 2. The van der Waals surface area contributed by atoms with Crippen molar-refractivity contribution in [3.05, 3.63) is 35.2 Å². The van der Waals surface area contributed by atoms with E-state index in [0.29, 0.717) is 28.4 Å². The summed E-state index contributed by atoms with van der Waals surface area (Å²) in [7, 11) is 4.86. The van der Waals surface area contributed by atoms with Crippen molar-refractivity contribution in [2.24, 2.45) is 7.05 Å². The molecule has 146 valence electrons. The number of esters is 1. The van der Waals surface area contributed by atoms with Crippen LogP contribution in [0.15, 0.2) is 18.2 Å². The lowest BCUT2D eigenvalue weighted by atomic mass is 10.1. The smallest absolute Gasteiger partial charge is 0.311 e. The molecule has 27 heavy (non-hydrogen) atoms. The minimum Gasteiger partial charge on any atom is -0.493 e. The van der Waals surface area contributed by atoms with Crippen LogP contribution in [0, 0.1) is 13.8 Å². The highest BCUT2D eigenvalue weighted by molar-refractivity contribution is 5.96. The number of benzene rings is 1. The van der Waals surface area contributed by atoms with Crippen LogP contribution >= 0.6 is 0 Å². The number of carbonyl (C=O) groups is 2. The third kappa shape index (κ3) is 4.78. The molecule has 2 rings (SSSR count). The Labute approximate surface area is 158 Å². The lowest BCUT2D eigenvalue weighted by molar-refractivity contribution is -0.152. The summed E-state index contributed by atoms with van der Waals surface area (Å²) in [5.41, 5.74) is 2.85. The molecule has 8 heteroatoms. The Morgan fingerprint density at radius 1 is 1.19 bits per heavy atom. The molecule has 0 aliphatic rings. The summed E-state index contributed by atoms with van der Waals surface area (Å²) in [5, 5.41) is 7.01. The van der Waals surface area contributed by atoms with E-state index < -0.39 is 18.0 Å². The molecule has 0 bridgehead atoms. The Morgan fingerprint density at radius 2 is 1.85 bits per heavy atom. The van der Waals surface area contributed by atoms with Gasteiger partial charge in [-0.1, -0.05) is 6.07 Å².